The minimum atomic E-state index is -0.0369. The predicted molar refractivity (Wildman–Crippen MR) is 204 cm³/mol. The van der Waals surface area contributed by atoms with Gasteiger partial charge in [-0.1, -0.05) is 85.8 Å². The molecule has 9 rings (SSSR count). The summed E-state index contributed by atoms with van der Waals surface area (Å²) in [5.74, 6) is 0.387. The Balaban J connectivity index is 1.17. The van der Waals surface area contributed by atoms with Crippen molar-refractivity contribution in [2.45, 2.75) is 31.8 Å². The summed E-state index contributed by atoms with van der Waals surface area (Å²) in [7, 11) is 0. The number of hydrogen-bond acceptors (Lipinski definition) is 4. The summed E-state index contributed by atoms with van der Waals surface area (Å²) in [4.78, 5) is 2.61. The van der Waals surface area contributed by atoms with Gasteiger partial charge in [-0.3, -0.25) is 0 Å². The molecule has 242 valence electrons. The van der Waals surface area contributed by atoms with E-state index >= 15 is 0 Å². The van der Waals surface area contributed by atoms with E-state index in [9.17, 15) is 15.8 Å². The normalized spacial score (nSPS) is 21.6. The van der Waals surface area contributed by atoms with Crippen LogP contribution in [-0.4, -0.2) is 16.7 Å². The lowest BCUT2D eigenvalue weighted by Gasteiger charge is -2.37. The van der Waals surface area contributed by atoms with Crippen molar-refractivity contribution in [3.8, 4) is 46.1 Å². The van der Waals surface area contributed by atoms with Gasteiger partial charge in [0.2, 0.25) is 0 Å². The number of hydrogen-bond donors (Lipinski definition) is 0. The Hall–Kier alpha value is -6.61. The zero-order valence-corrected chi connectivity index (χ0v) is 28.2. The maximum Gasteiger partial charge on any atom is 0.0992 e. The molecule has 0 N–H and O–H groups in total. The Labute approximate surface area is 297 Å². The Morgan fingerprint density at radius 1 is 0.667 bits per heavy atom. The van der Waals surface area contributed by atoms with Crippen molar-refractivity contribution in [2.24, 2.45) is 11.3 Å². The molecule has 1 saturated heterocycles. The van der Waals surface area contributed by atoms with Crippen LogP contribution in [0.15, 0.2) is 140 Å². The predicted octanol–water partition coefficient (Wildman–Crippen LogP) is 10.4. The summed E-state index contributed by atoms with van der Waals surface area (Å²) in [5.41, 5.74) is 10.3. The van der Waals surface area contributed by atoms with Crippen LogP contribution in [0.5, 0.6) is 0 Å². The quantitative estimate of drug-likeness (QED) is 0.177. The number of nitrogens with zero attached hydrogens (tertiary/aromatic N) is 5. The summed E-state index contributed by atoms with van der Waals surface area (Å²) in [5, 5.41) is 31.2. The third-order valence-corrected chi connectivity index (χ3v) is 11.3. The average Bonchev–Trinajstić information content (AvgIpc) is 3.66. The number of fused-ring (bicyclic) bond motifs is 6. The minimum absolute atomic E-state index is 0.0369. The Morgan fingerprint density at radius 3 is 2.00 bits per heavy atom. The highest BCUT2D eigenvalue weighted by Gasteiger charge is 2.54. The number of anilines is 1. The summed E-state index contributed by atoms with van der Waals surface area (Å²) in [6, 6.07) is 42.3. The summed E-state index contributed by atoms with van der Waals surface area (Å²) >= 11 is 0. The molecule has 4 atom stereocenters. The highest BCUT2D eigenvalue weighted by molar-refractivity contribution is 6.10. The van der Waals surface area contributed by atoms with Gasteiger partial charge in [-0.15, -0.1) is 0 Å². The van der Waals surface area contributed by atoms with Gasteiger partial charge in [0.25, 0.3) is 0 Å². The van der Waals surface area contributed by atoms with Crippen LogP contribution in [0.1, 0.15) is 36.5 Å². The van der Waals surface area contributed by atoms with Gasteiger partial charge in [0.1, 0.15) is 0 Å². The van der Waals surface area contributed by atoms with Gasteiger partial charge in [0.15, 0.2) is 0 Å². The molecule has 2 aliphatic carbocycles. The van der Waals surface area contributed by atoms with Crippen molar-refractivity contribution < 1.29 is 0 Å². The second kappa shape index (κ2) is 11.8. The van der Waals surface area contributed by atoms with Crippen LogP contribution < -0.4 is 4.90 Å². The maximum absolute atomic E-state index is 10.1. The lowest BCUT2D eigenvalue weighted by molar-refractivity contribution is 0.322. The van der Waals surface area contributed by atoms with E-state index in [0.717, 1.165) is 68.3 Å². The van der Waals surface area contributed by atoms with Crippen LogP contribution in [0.2, 0.25) is 0 Å². The highest BCUT2D eigenvalue weighted by atomic mass is 15.2. The van der Waals surface area contributed by atoms with Crippen molar-refractivity contribution in [2.75, 3.05) is 4.90 Å². The molecule has 3 aliphatic rings. The summed E-state index contributed by atoms with van der Waals surface area (Å²) < 4.78 is 2.20. The second-order valence-electron chi connectivity index (χ2n) is 14.0. The van der Waals surface area contributed by atoms with E-state index < -0.39 is 0 Å². The van der Waals surface area contributed by atoms with Gasteiger partial charge < -0.3 is 9.47 Å². The lowest BCUT2D eigenvalue weighted by Crippen LogP contribution is -2.40. The number of nitriles is 3. The third kappa shape index (κ3) is 4.65. The van der Waals surface area contributed by atoms with Crippen molar-refractivity contribution in [3.63, 3.8) is 0 Å². The van der Waals surface area contributed by atoms with E-state index in [0.29, 0.717) is 28.7 Å². The standard InChI is InChI=1S/C46H33N5/c1-46-23-7-6-12-45(46)51(43-11-5-4-10-40(43)46)44-26-32(29-49)13-20-37(44)36-9-3-2-8-35(36)33-16-18-34(19-17-33)50-41-21-14-30(27-47)24-38(41)39-25-31(28-48)15-22-42(39)50/h2-4,6-10,12-26,40,43,45H,5,11H2,1H3. The van der Waals surface area contributed by atoms with Gasteiger partial charge in [-0.2, -0.15) is 15.8 Å². The fourth-order valence-electron chi connectivity index (χ4n) is 8.97. The first-order valence-electron chi connectivity index (χ1n) is 17.5. The molecule has 2 heterocycles. The zero-order valence-electron chi connectivity index (χ0n) is 28.2. The number of allylic oxidation sites excluding steroid dienone is 3. The van der Waals surface area contributed by atoms with Gasteiger partial charge in [0.05, 0.1) is 52.0 Å². The van der Waals surface area contributed by atoms with Crippen LogP contribution in [0.25, 0.3) is 49.7 Å². The van der Waals surface area contributed by atoms with Crippen LogP contribution in [-0.2, 0) is 0 Å². The lowest BCUT2D eigenvalue weighted by atomic mass is 9.69. The second-order valence-corrected chi connectivity index (χ2v) is 14.0. The van der Waals surface area contributed by atoms with E-state index in [1.165, 1.54) is 0 Å². The molecule has 1 aliphatic heterocycles. The molecule has 0 saturated carbocycles. The van der Waals surface area contributed by atoms with Gasteiger partial charge in [0, 0.05) is 45.1 Å². The van der Waals surface area contributed by atoms with Crippen molar-refractivity contribution in [3.05, 3.63) is 156 Å². The van der Waals surface area contributed by atoms with Gasteiger partial charge in [-0.05, 0) is 90.2 Å². The Morgan fingerprint density at radius 2 is 1.31 bits per heavy atom. The fraction of sp³-hybridized carbons (Fsp3) is 0.152. The third-order valence-electron chi connectivity index (χ3n) is 11.3. The molecule has 0 amide bonds. The number of aromatic nitrogens is 1. The van der Waals surface area contributed by atoms with E-state index in [4.69, 9.17) is 0 Å². The highest BCUT2D eigenvalue weighted by Crippen LogP contribution is 2.55. The molecule has 0 spiro atoms. The Kier molecular flexibility index (Phi) is 7.03. The molecular formula is C46H33N5. The largest absolute Gasteiger partial charge is 0.360 e. The van der Waals surface area contributed by atoms with Gasteiger partial charge >= 0.3 is 0 Å². The van der Waals surface area contributed by atoms with E-state index in [1.54, 1.807) is 0 Å². The van der Waals surface area contributed by atoms with E-state index in [1.807, 2.05) is 42.5 Å². The van der Waals surface area contributed by atoms with Crippen LogP contribution in [0.3, 0.4) is 0 Å². The SMILES string of the molecule is CC12C=CC=CC1N(c1cc(C#N)ccc1-c1ccccc1-c1ccc(-n3c4ccc(C#N)cc4c4cc(C#N)ccc43)cc1)C1CCC=CC12. The minimum Gasteiger partial charge on any atom is -0.360 e. The molecule has 5 heteroatoms. The zero-order chi connectivity index (χ0) is 34.7. The summed E-state index contributed by atoms with van der Waals surface area (Å²) in [6.07, 6.45) is 16.0. The van der Waals surface area contributed by atoms with Crippen molar-refractivity contribution in [1.82, 2.24) is 4.57 Å². The molecule has 51 heavy (non-hydrogen) atoms. The number of benzene rings is 5. The molecule has 6 aromatic rings. The van der Waals surface area contributed by atoms with Crippen LogP contribution in [0, 0.1) is 45.3 Å². The first-order chi connectivity index (χ1) is 25.0. The molecular weight excluding hydrogens is 623 g/mol. The van der Waals surface area contributed by atoms with Gasteiger partial charge in [-0.25, -0.2) is 0 Å². The maximum atomic E-state index is 10.1. The average molecular weight is 656 g/mol. The first kappa shape index (κ1) is 30.4. The Bertz CT molecular complexity index is 2540. The molecule has 5 aromatic carbocycles. The summed E-state index contributed by atoms with van der Waals surface area (Å²) in [6.45, 7) is 2.39. The molecule has 1 aromatic heterocycles. The smallest absolute Gasteiger partial charge is 0.0992 e. The fourth-order valence-corrected chi connectivity index (χ4v) is 8.97. The molecule has 0 bridgehead atoms. The molecule has 1 fully saturated rings. The van der Waals surface area contributed by atoms with Crippen molar-refractivity contribution >= 4 is 27.5 Å². The van der Waals surface area contributed by atoms with E-state index in [-0.39, 0.29) is 11.5 Å². The molecule has 0 radical (unpaired) electrons. The topological polar surface area (TPSA) is 79.5 Å². The molecule has 5 nitrogen and oxygen atoms in total. The van der Waals surface area contributed by atoms with Crippen LogP contribution in [0.4, 0.5) is 5.69 Å². The van der Waals surface area contributed by atoms with Crippen LogP contribution >= 0.6 is 0 Å². The molecule has 4 unspecified atom stereocenters. The van der Waals surface area contributed by atoms with E-state index in [2.05, 4.69) is 132 Å². The van der Waals surface area contributed by atoms with Crippen molar-refractivity contribution in [1.29, 1.82) is 15.8 Å². The number of rotatable bonds is 4. The first-order valence-corrected chi connectivity index (χ1v) is 17.5. The monoisotopic (exact) mass is 655 g/mol.